The molecule has 0 saturated carbocycles. The predicted octanol–water partition coefficient (Wildman–Crippen LogP) is 15.6. The first-order valence-corrected chi connectivity index (χ1v) is 24.1. The van der Waals surface area contributed by atoms with Gasteiger partial charge < -0.3 is 14.2 Å². The molecule has 0 aromatic rings. The van der Waals surface area contributed by atoms with Crippen molar-refractivity contribution >= 4 is 17.9 Å². The molecule has 0 amide bonds. The van der Waals surface area contributed by atoms with E-state index >= 15 is 0 Å². The van der Waals surface area contributed by atoms with Gasteiger partial charge in [0, 0.05) is 19.3 Å². The second-order valence-electron chi connectivity index (χ2n) is 15.7. The van der Waals surface area contributed by atoms with E-state index in [9.17, 15) is 14.4 Å². The zero-order chi connectivity index (χ0) is 43.0. The van der Waals surface area contributed by atoms with Crippen LogP contribution in [0.25, 0.3) is 0 Å². The highest BCUT2D eigenvalue weighted by molar-refractivity contribution is 5.71. The van der Waals surface area contributed by atoms with Gasteiger partial charge in [-0.15, -0.1) is 0 Å². The minimum atomic E-state index is -0.812. The fourth-order valence-electron chi connectivity index (χ4n) is 6.15. The molecule has 1 atom stereocenters. The predicted molar refractivity (Wildman–Crippen MR) is 251 cm³/mol. The summed E-state index contributed by atoms with van der Waals surface area (Å²) in [6.45, 7) is 6.43. The third-order valence-electron chi connectivity index (χ3n) is 9.86. The van der Waals surface area contributed by atoms with Crippen LogP contribution in [0.5, 0.6) is 0 Å². The highest BCUT2D eigenvalue weighted by Gasteiger charge is 2.19. The molecule has 336 valence electrons. The highest BCUT2D eigenvalue weighted by atomic mass is 16.6. The molecule has 0 aliphatic rings. The van der Waals surface area contributed by atoms with E-state index in [0.29, 0.717) is 19.3 Å². The van der Waals surface area contributed by atoms with Crippen LogP contribution in [0.4, 0.5) is 0 Å². The van der Waals surface area contributed by atoms with Crippen molar-refractivity contribution in [1.82, 2.24) is 0 Å². The minimum absolute atomic E-state index is 0.108. The van der Waals surface area contributed by atoms with Gasteiger partial charge in [-0.1, -0.05) is 183 Å². The Labute approximate surface area is 363 Å². The Morgan fingerprint density at radius 1 is 0.339 bits per heavy atom. The Bertz CT molecular complexity index is 1170. The van der Waals surface area contributed by atoms with Gasteiger partial charge in [0.1, 0.15) is 13.2 Å². The standard InChI is InChI=1S/C53H88O6/c1-4-7-10-13-16-19-22-23-24-25-26-27-28-29-32-34-37-40-43-46-52(55)58-49-50(59-53(56)47-44-41-38-35-31-21-18-15-12-9-6-3)48-57-51(54)45-42-39-36-33-30-20-17-14-11-8-5-2/h14-19,23-24,26-27,29,32,37,40,50H,4-13,20-22,25,28,30-31,33-36,38-39,41-49H2,1-3H3/b17-14-,18-15-,19-16-,24-23-,27-26-,32-29-,40-37-/t50-/m0/s1. The Kier molecular flexibility index (Phi) is 44.5. The van der Waals surface area contributed by atoms with E-state index in [1.54, 1.807) is 0 Å². The van der Waals surface area contributed by atoms with Crippen molar-refractivity contribution in [2.45, 2.75) is 219 Å². The van der Waals surface area contributed by atoms with E-state index in [-0.39, 0.29) is 37.5 Å². The van der Waals surface area contributed by atoms with E-state index in [0.717, 1.165) is 89.9 Å². The van der Waals surface area contributed by atoms with Gasteiger partial charge in [-0.2, -0.15) is 0 Å². The first kappa shape index (κ1) is 55.6. The molecular weight excluding hydrogens is 733 g/mol. The summed E-state index contributed by atoms with van der Waals surface area (Å²) >= 11 is 0. The van der Waals surface area contributed by atoms with Crippen LogP contribution in [0.15, 0.2) is 85.1 Å². The molecule has 0 bridgehead atoms. The number of rotatable bonds is 42. The average Bonchev–Trinajstić information content (AvgIpc) is 3.23. The van der Waals surface area contributed by atoms with Gasteiger partial charge >= 0.3 is 17.9 Å². The van der Waals surface area contributed by atoms with Crippen molar-refractivity contribution in [3.63, 3.8) is 0 Å². The summed E-state index contributed by atoms with van der Waals surface area (Å²) in [6, 6.07) is 0. The van der Waals surface area contributed by atoms with E-state index in [4.69, 9.17) is 14.2 Å². The van der Waals surface area contributed by atoms with E-state index in [1.165, 1.54) is 77.0 Å². The highest BCUT2D eigenvalue weighted by Crippen LogP contribution is 2.12. The maximum atomic E-state index is 12.7. The van der Waals surface area contributed by atoms with Crippen molar-refractivity contribution in [3.05, 3.63) is 85.1 Å². The summed E-state index contributed by atoms with van der Waals surface area (Å²) in [5.74, 6) is -1.02. The number of ether oxygens (including phenoxy) is 3. The Morgan fingerprint density at radius 3 is 1.12 bits per heavy atom. The topological polar surface area (TPSA) is 78.9 Å². The lowest BCUT2D eigenvalue weighted by Crippen LogP contribution is -2.30. The third kappa shape index (κ3) is 45.5. The fraction of sp³-hybridized carbons (Fsp3) is 0.679. The minimum Gasteiger partial charge on any atom is -0.462 e. The van der Waals surface area contributed by atoms with Crippen molar-refractivity contribution in [3.8, 4) is 0 Å². The summed E-state index contributed by atoms with van der Waals surface area (Å²) in [5.41, 5.74) is 0. The lowest BCUT2D eigenvalue weighted by molar-refractivity contribution is -0.166. The summed E-state index contributed by atoms with van der Waals surface area (Å²) in [4.78, 5) is 37.7. The molecule has 0 aromatic heterocycles. The lowest BCUT2D eigenvalue weighted by atomic mass is 10.1. The molecule has 6 heteroatoms. The molecular formula is C53H88O6. The number of carbonyl (C=O) groups is 3. The number of allylic oxidation sites excluding steroid dienone is 14. The van der Waals surface area contributed by atoms with Crippen molar-refractivity contribution < 1.29 is 28.6 Å². The molecule has 0 aliphatic carbocycles. The number of carbonyl (C=O) groups excluding carboxylic acids is 3. The van der Waals surface area contributed by atoms with Crippen molar-refractivity contribution in [2.75, 3.05) is 13.2 Å². The SMILES string of the molecule is CCCC/C=C\CCCCCCCC(=O)OC[C@@H](COC(=O)CC/C=C\C/C=C\C/C=C\C/C=C\C/C=C\CCCCC)OC(=O)CCCCCCC/C=C\CCCC. The van der Waals surface area contributed by atoms with Crippen LogP contribution >= 0.6 is 0 Å². The van der Waals surface area contributed by atoms with Gasteiger partial charge in [0.25, 0.3) is 0 Å². The summed E-state index contributed by atoms with van der Waals surface area (Å²) in [5, 5.41) is 0. The van der Waals surface area contributed by atoms with Gasteiger partial charge in [0.05, 0.1) is 0 Å². The van der Waals surface area contributed by atoms with Crippen LogP contribution in [0, 0.1) is 0 Å². The number of hydrogen-bond acceptors (Lipinski definition) is 6. The maximum Gasteiger partial charge on any atom is 0.306 e. The summed E-state index contributed by atoms with van der Waals surface area (Å²) in [6.07, 6.45) is 60.0. The number of unbranched alkanes of at least 4 members (excludes halogenated alkanes) is 17. The molecule has 0 unspecified atom stereocenters. The number of esters is 3. The molecule has 0 N–H and O–H groups in total. The molecule has 0 fully saturated rings. The smallest absolute Gasteiger partial charge is 0.306 e. The van der Waals surface area contributed by atoms with Crippen molar-refractivity contribution in [2.24, 2.45) is 0 Å². The third-order valence-corrected chi connectivity index (χ3v) is 9.86. The molecule has 0 radical (unpaired) electrons. The van der Waals surface area contributed by atoms with Gasteiger partial charge in [0.15, 0.2) is 6.10 Å². The van der Waals surface area contributed by atoms with Gasteiger partial charge in [-0.05, 0) is 96.3 Å². The second-order valence-corrected chi connectivity index (χ2v) is 15.7. The van der Waals surface area contributed by atoms with Crippen LogP contribution in [0.2, 0.25) is 0 Å². The van der Waals surface area contributed by atoms with Gasteiger partial charge in [0.2, 0.25) is 0 Å². The van der Waals surface area contributed by atoms with Crippen molar-refractivity contribution in [1.29, 1.82) is 0 Å². The Morgan fingerprint density at radius 2 is 0.661 bits per heavy atom. The van der Waals surface area contributed by atoms with Crippen LogP contribution < -0.4 is 0 Å². The summed E-state index contributed by atoms with van der Waals surface area (Å²) in [7, 11) is 0. The monoisotopic (exact) mass is 821 g/mol. The lowest BCUT2D eigenvalue weighted by Gasteiger charge is -2.18. The second kappa shape index (κ2) is 47.3. The van der Waals surface area contributed by atoms with Crippen LogP contribution in [0.3, 0.4) is 0 Å². The Balaban J connectivity index is 4.49. The normalized spacial score (nSPS) is 12.8. The number of hydrogen-bond donors (Lipinski definition) is 0. The average molecular weight is 821 g/mol. The van der Waals surface area contributed by atoms with Crippen LogP contribution in [0.1, 0.15) is 213 Å². The fourth-order valence-corrected chi connectivity index (χ4v) is 6.15. The molecule has 6 nitrogen and oxygen atoms in total. The molecule has 0 aromatic carbocycles. The molecule has 0 aliphatic heterocycles. The van der Waals surface area contributed by atoms with E-state index in [1.807, 2.05) is 6.08 Å². The van der Waals surface area contributed by atoms with Gasteiger partial charge in [-0.3, -0.25) is 14.4 Å². The van der Waals surface area contributed by atoms with E-state index < -0.39 is 6.10 Å². The Hall–Kier alpha value is -3.41. The first-order chi connectivity index (χ1) is 29.0. The van der Waals surface area contributed by atoms with Crippen LogP contribution in [-0.4, -0.2) is 37.2 Å². The zero-order valence-corrected chi connectivity index (χ0v) is 38.2. The first-order valence-electron chi connectivity index (χ1n) is 24.1. The summed E-state index contributed by atoms with van der Waals surface area (Å²) < 4.78 is 16.6. The molecule has 0 saturated heterocycles. The molecule has 59 heavy (non-hydrogen) atoms. The quantitative estimate of drug-likeness (QED) is 0.0264. The molecule has 0 spiro atoms. The zero-order valence-electron chi connectivity index (χ0n) is 38.2. The van der Waals surface area contributed by atoms with E-state index in [2.05, 4.69) is 99.8 Å². The van der Waals surface area contributed by atoms with Gasteiger partial charge in [-0.25, -0.2) is 0 Å². The maximum absolute atomic E-state index is 12.7. The largest absolute Gasteiger partial charge is 0.462 e. The molecule has 0 heterocycles. The van der Waals surface area contributed by atoms with Crippen LogP contribution in [-0.2, 0) is 28.6 Å². The molecule has 0 rings (SSSR count).